The first kappa shape index (κ1) is 19.4. The third-order valence-corrected chi connectivity index (χ3v) is 6.57. The Morgan fingerprint density at radius 3 is 2.68 bits per heavy atom. The predicted molar refractivity (Wildman–Crippen MR) is 105 cm³/mol. The maximum Gasteiger partial charge on any atom is 0.248 e. The van der Waals surface area contributed by atoms with Gasteiger partial charge in [0.2, 0.25) is 11.8 Å². The highest BCUT2D eigenvalue weighted by Gasteiger charge is 2.38. The Bertz CT molecular complexity index is 694. The fraction of sp³-hybridized carbons (Fsp3) is 0.762. The lowest BCUT2D eigenvalue weighted by Crippen LogP contribution is -2.35. The SMILES string of the molecule is Cn1cncc1[C@@H]1CN(C(=O)COCC2CCCC2)C[C@H]1CNC(=O)C1CC1. The van der Waals surface area contributed by atoms with Crippen molar-refractivity contribution in [1.29, 1.82) is 0 Å². The molecule has 0 aromatic carbocycles. The van der Waals surface area contributed by atoms with Crippen LogP contribution in [0.1, 0.15) is 50.1 Å². The van der Waals surface area contributed by atoms with Crippen LogP contribution in [0.5, 0.6) is 0 Å². The maximum absolute atomic E-state index is 12.7. The molecule has 154 valence electrons. The summed E-state index contributed by atoms with van der Waals surface area (Å²) in [5, 5.41) is 3.10. The molecule has 1 aromatic rings. The van der Waals surface area contributed by atoms with E-state index in [4.69, 9.17) is 4.74 Å². The molecule has 0 radical (unpaired) electrons. The molecule has 28 heavy (non-hydrogen) atoms. The fourth-order valence-corrected chi connectivity index (χ4v) is 4.64. The summed E-state index contributed by atoms with van der Waals surface area (Å²) in [4.78, 5) is 30.9. The van der Waals surface area contributed by atoms with E-state index in [9.17, 15) is 9.59 Å². The number of nitrogens with zero attached hydrogens (tertiary/aromatic N) is 3. The minimum Gasteiger partial charge on any atom is -0.371 e. The van der Waals surface area contributed by atoms with E-state index >= 15 is 0 Å². The van der Waals surface area contributed by atoms with Crippen molar-refractivity contribution < 1.29 is 14.3 Å². The lowest BCUT2D eigenvalue weighted by atomic mass is 9.93. The van der Waals surface area contributed by atoms with E-state index in [-0.39, 0.29) is 36.2 Å². The molecule has 7 heteroatoms. The van der Waals surface area contributed by atoms with Gasteiger partial charge >= 0.3 is 0 Å². The van der Waals surface area contributed by atoms with Crippen LogP contribution in [0.15, 0.2) is 12.5 Å². The molecule has 7 nitrogen and oxygen atoms in total. The molecule has 2 saturated carbocycles. The van der Waals surface area contributed by atoms with Crippen LogP contribution < -0.4 is 5.32 Å². The summed E-state index contributed by atoms with van der Waals surface area (Å²) in [5.74, 6) is 1.44. The molecule has 2 aliphatic carbocycles. The molecule has 2 atom stereocenters. The van der Waals surface area contributed by atoms with E-state index < -0.39 is 0 Å². The second-order valence-electron chi connectivity index (χ2n) is 8.78. The molecular weight excluding hydrogens is 356 g/mol. The van der Waals surface area contributed by atoms with Gasteiger partial charge in [0.1, 0.15) is 6.61 Å². The van der Waals surface area contributed by atoms with Gasteiger partial charge in [-0.05, 0) is 31.6 Å². The monoisotopic (exact) mass is 388 g/mol. The van der Waals surface area contributed by atoms with Crippen molar-refractivity contribution in [3.63, 3.8) is 0 Å². The van der Waals surface area contributed by atoms with Crippen molar-refractivity contribution in [2.24, 2.45) is 24.8 Å². The molecular formula is C21H32N4O3. The molecule has 0 bridgehead atoms. The highest BCUT2D eigenvalue weighted by Crippen LogP contribution is 2.33. The molecule has 0 spiro atoms. The number of likely N-dealkylation sites (tertiary alicyclic amines) is 1. The van der Waals surface area contributed by atoms with Gasteiger partial charge in [-0.1, -0.05) is 12.8 Å². The molecule has 2 heterocycles. The second kappa shape index (κ2) is 8.64. The van der Waals surface area contributed by atoms with E-state index in [0.717, 1.165) is 18.5 Å². The van der Waals surface area contributed by atoms with Crippen molar-refractivity contribution in [2.45, 2.75) is 44.4 Å². The number of aryl methyl sites for hydroxylation is 1. The van der Waals surface area contributed by atoms with Crippen LogP contribution in [0.2, 0.25) is 0 Å². The molecule has 4 rings (SSSR count). The van der Waals surface area contributed by atoms with Crippen molar-refractivity contribution >= 4 is 11.8 Å². The van der Waals surface area contributed by atoms with Gasteiger partial charge in [0.15, 0.2) is 0 Å². The van der Waals surface area contributed by atoms with Crippen LogP contribution in [0.4, 0.5) is 0 Å². The van der Waals surface area contributed by atoms with E-state index in [0.29, 0.717) is 32.2 Å². The van der Waals surface area contributed by atoms with E-state index in [2.05, 4.69) is 10.3 Å². The third kappa shape index (κ3) is 4.57. The topological polar surface area (TPSA) is 76.5 Å². The van der Waals surface area contributed by atoms with Crippen molar-refractivity contribution in [2.75, 3.05) is 32.8 Å². The number of aromatic nitrogens is 2. The van der Waals surface area contributed by atoms with Gasteiger partial charge in [-0.2, -0.15) is 0 Å². The van der Waals surface area contributed by atoms with Gasteiger partial charge in [0, 0.05) is 56.3 Å². The zero-order chi connectivity index (χ0) is 19.5. The summed E-state index contributed by atoms with van der Waals surface area (Å²) in [6, 6.07) is 0. The number of hydrogen-bond donors (Lipinski definition) is 1. The van der Waals surface area contributed by atoms with Crippen LogP contribution in [0.25, 0.3) is 0 Å². The Morgan fingerprint density at radius 2 is 2.00 bits per heavy atom. The summed E-state index contributed by atoms with van der Waals surface area (Å²) >= 11 is 0. The predicted octanol–water partition coefficient (Wildman–Crippen LogP) is 1.70. The van der Waals surface area contributed by atoms with Gasteiger partial charge in [-0.25, -0.2) is 4.98 Å². The summed E-state index contributed by atoms with van der Waals surface area (Å²) in [6.07, 6.45) is 10.7. The van der Waals surface area contributed by atoms with Gasteiger partial charge in [-0.15, -0.1) is 0 Å². The largest absolute Gasteiger partial charge is 0.371 e. The number of amides is 2. The lowest BCUT2D eigenvalue weighted by Gasteiger charge is -2.18. The van der Waals surface area contributed by atoms with E-state index in [1.54, 1.807) is 6.33 Å². The number of ether oxygens (including phenoxy) is 1. The lowest BCUT2D eigenvalue weighted by molar-refractivity contribution is -0.135. The number of carbonyl (C=O) groups is 2. The minimum absolute atomic E-state index is 0.0567. The van der Waals surface area contributed by atoms with E-state index in [1.165, 1.54) is 25.7 Å². The summed E-state index contributed by atoms with van der Waals surface area (Å²) in [7, 11) is 1.98. The highest BCUT2D eigenvalue weighted by molar-refractivity contribution is 5.81. The Kier molecular flexibility index (Phi) is 5.99. The Labute approximate surface area is 166 Å². The van der Waals surface area contributed by atoms with Gasteiger partial charge in [0.05, 0.1) is 12.9 Å². The van der Waals surface area contributed by atoms with Crippen molar-refractivity contribution in [3.8, 4) is 0 Å². The highest BCUT2D eigenvalue weighted by atomic mass is 16.5. The fourth-order valence-electron chi connectivity index (χ4n) is 4.64. The van der Waals surface area contributed by atoms with Crippen molar-refractivity contribution in [3.05, 3.63) is 18.2 Å². The van der Waals surface area contributed by atoms with Crippen LogP contribution in [0, 0.1) is 17.8 Å². The molecule has 3 fully saturated rings. The van der Waals surface area contributed by atoms with Crippen LogP contribution in [0.3, 0.4) is 0 Å². The van der Waals surface area contributed by atoms with Gasteiger partial charge in [-0.3, -0.25) is 9.59 Å². The standard InChI is InChI=1S/C21H32N4O3/c1-24-14-22-9-19(24)18-11-25(10-17(18)8-23-21(27)16-6-7-16)20(26)13-28-12-15-4-2-3-5-15/h9,14-18H,2-8,10-13H2,1H3,(H,23,27)/t17-,18-/m1/s1. The van der Waals surface area contributed by atoms with Crippen molar-refractivity contribution in [1.82, 2.24) is 19.8 Å². The quantitative estimate of drug-likeness (QED) is 0.735. The Morgan fingerprint density at radius 1 is 1.21 bits per heavy atom. The second-order valence-corrected chi connectivity index (χ2v) is 8.78. The van der Waals surface area contributed by atoms with Crippen LogP contribution in [-0.2, 0) is 21.4 Å². The van der Waals surface area contributed by atoms with Crippen LogP contribution >= 0.6 is 0 Å². The average molecular weight is 389 g/mol. The normalized spacial score (nSPS) is 25.4. The third-order valence-electron chi connectivity index (χ3n) is 6.57. The minimum atomic E-state index is 0.0567. The first-order valence-corrected chi connectivity index (χ1v) is 10.7. The summed E-state index contributed by atoms with van der Waals surface area (Å²) in [5.41, 5.74) is 1.12. The first-order chi connectivity index (χ1) is 13.6. The molecule has 1 saturated heterocycles. The molecule has 1 aromatic heterocycles. The molecule has 1 N–H and O–H groups in total. The zero-order valence-electron chi connectivity index (χ0n) is 16.8. The molecule has 3 aliphatic rings. The molecule has 1 aliphatic heterocycles. The zero-order valence-corrected chi connectivity index (χ0v) is 16.8. The number of hydrogen-bond acceptors (Lipinski definition) is 4. The van der Waals surface area contributed by atoms with E-state index in [1.807, 2.05) is 22.7 Å². The number of carbonyl (C=O) groups excluding carboxylic acids is 2. The van der Waals surface area contributed by atoms with Gasteiger partial charge < -0.3 is 19.5 Å². The summed E-state index contributed by atoms with van der Waals surface area (Å²) < 4.78 is 7.75. The summed E-state index contributed by atoms with van der Waals surface area (Å²) in [6.45, 7) is 2.79. The average Bonchev–Trinajstić information content (AvgIpc) is 3.05. The first-order valence-electron chi connectivity index (χ1n) is 10.7. The number of nitrogens with one attached hydrogen (secondary N) is 1. The Balaban J connectivity index is 1.33. The van der Waals surface area contributed by atoms with Gasteiger partial charge in [0.25, 0.3) is 0 Å². The Hall–Kier alpha value is -1.89. The molecule has 0 unspecified atom stereocenters. The van der Waals surface area contributed by atoms with Crippen LogP contribution in [-0.4, -0.2) is 59.1 Å². The molecule has 2 amide bonds. The maximum atomic E-state index is 12.7. The smallest absolute Gasteiger partial charge is 0.248 e. The number of rotatable bonds is 8. The number of imidazole rings is 1.